The summed E-state index contributed by atoms with van der Waals surface area (Å²) in [5.41, 5.74) is 2.88. The van der Waals surface area contributed by atoms with E-state index < -0.39 is 29.8 Å². The fourth-order valence-corrected chi connectivity index (χ4v) is 8.06. The van der Waals surface area contributed by atoms with Gasteiger partial charge < -0.3 is 66.3 Å². The van der Waals surface area contributed by atoms with Crippen molar-refractivity contribution in [3.63, 3.8) is 0 Å². The van der Waals surface area contributed by atoms with Crippen molar-refractivity contribution in [3.05, 3.63) is 218 Å². The van der Waals surface area contributed by atoms with Crippen LogP contribution in [0.15, 0.2) is 196 Å². The lowest BCUT2D eigenvalue weighted by Crippen LogP contribution is -2.09. The quantitative estimate of drug-likeness (QED) is 0.00863. The zero-order valence-corrected chi connectivity index (χ0v) is 53.1. The van der Waals surface area contributed by atoms with E-state index in [0.717, 1.165) is 86.5 Å². The highest BCUT2D eigenvalue weighted by molar-refractivity contribution is 5.92. The van der Waals surface area contributed by atoms with Gasteiger partial charge in [-0.2, -0.15) is 0 Å². The number of benzene rings is 6. The molecule has 0 aromatic heterocycles. The number of rotatable bonds is 46. The Kier molecular flexibility index (Phi) is 36.5. The minimum absolute atomic E-state index is 0.0968. The average Bonchev–Trinajstić information content (AvgIpc) is 1.46. The molecular formula is C74H84O20. The fraction of sp³-hybridized carbons (Fsp3) is 0.324. The second kappa shape index (κ2) is 46.0. The van der Waals surface area contributed by atoms with E-state index in [-0.39, 0.29) is 32.8 Å². The van der Waals surface area contributed by atoms with Crippen molar-refractivity contribution in [2.45, 2.75) is 77.0 Å². The number of hydrogen-bond acceptors (Lipinski definition) is 20. The molecule has 6 aromatic carbocycles. The summed E-state index contributed by atoms with van der Waals surface area (Å²) in [7, 11) is 0. The summed E-state index contributed by atoms with van der Waals surface area (Å²) in [6.07, 6.45) is 14.3. The molecule has 0 spiro atoms. The maximum Gasteiger partial charge on any atom is 0.343 e. The van der Waals surface area contributed by atoms with Crippen LogP contribution in [-0.4, -0.2) is 115 Å². The molecule has 0 amide bonds. The minimum Gasteiger partial charge on any atom is -0.494 e. The number of ether oxygens (including phenoxy) is 14. The Hall–Kier alpha value is -10.2. The number of carbonyl (C=O) groups excluding carboxylic acids is 6. The molecule has 0 aliphatic heterocycles. The zero-order valence-electron chi connectivity index (χ0n) is 53.1. The van der Waals surface area contributed by atoms with Gasteiger partial charge in [0.15, 0.2) is 13.6 Å². The second-order valence-electron chi connectivity index (χ2n) is 20.3. The molecule has 94 heavy (non-hydrogen) atoms. The minimum atomic E-state index is -0.479. The fourth-order valence-electron chi connectivity index (χ4n) is 8.06. The molecule has 20 heteroatoms. The molecule has 0 aliphatic rings. The standard InChI is InChI=1S/C40H48O10.C34H36O10/c1-3-38(41)47-28-11-7-5-9-26-45-34-19-15-33(16-20-34)40(43)50-37-17-13-32(14-18-37)25-30-44-31-49-36-23-21-35(22-24-36)46-27-10-6-8-12-29-48-39(42)4-2;1-3-32(35)41-22-5-20-39-28-13-9-27(10-14-28)34(37)44-31-11-7-26(8-12-31)19-24-38-25-43-30-17-15-29(16-18-30)40-21-6-23-42-33(36)4-2/h3-4,13-24H,1-2,5-12,25-31H2;3-4,7-18H,1-2,5-6,19-25H2. The highest BCUT2D eigenvalue weighted by Crippen LogP contribution is 2.22. The van der Waals surface area contributed by atoms with Gasteiger partial charge in [0, 0.05) is 37.1 Å². The molecule has 500 valence electrons. The van der Waals surface area contributed by atoms with Crippen molar-refractivity contribution >= 4 is 35.8 Å². The molecule has 0 bridgehead atoms. The molecule has 0 atom stereocenters. The third-order valence-corrected chi connectivity index (χ3v) is 13.2. The number of esters is 6. The average molecular weight is 1290 g/mol. The Morgan fingerprint density at radius 3 is 0.809 bits per heavy atom. The first-order chi connectivity index (χ1) is 45.9. The lowest BCUT2D eigenvalue weighted by atomic mass is 10.1. The highest BCUT2D eigenvalue weighted by atomic mass is 16.7. The predicted molar refractivity (Wildman–Crippen MR) is 352 cm³/mol. The summed E-state index contributed by atoms with van der Waals surface area (Å²) in [6, 6.07) is 42.6. The Balaban J connectivity index is 0.000000343. The van der Waals surface area contributed by atoms with Gasteiger partial charge >= 0.3 is 35.8 Å². The van der Waals surface area contributed by atoms with Crippen LogP contribution in [0.1, 0.15) is 96.1 Å². The Bertz CT molecular complexity index is 3200. The van der Waals surface area contributed by atoms with E-state index in [1.54, 1.807) is 97.1 Å². The normalized spacial score (nSPS) is 10.4. The van der Waals surface area contributed by atoms with Crippen LogP contribution >= 0.6 is 0 Å². The first kappa shape index (κ1) is 74.5. The number of carbonyl (C=O) groups is 6. The van der Waals surface area contributed by atoms with E-state index in [9.17, 15) is 28.8 Å². The predicted octanol–water partition coefficient (Wildman–Crippen LogP) is 13.3. The number of unbranched alkanes of at least 4 members (excludes halogenated alkanes) is 6. The van der Waals surface area contributed by atoms with E-state index in [2.05, 4.69) is 26.3 Å². The summed E-state index contributed by atoms with van der Waals surface area (Å²) >= 11 is 0. The topological polar surface area (TPSA) is 232 Å². The van der Waals surface area contributed by atoms with Gasteiger partial charge in [0.1, 0.15) is 46.0 Å². The van der Waals surface area contributed by atoms with Crippen molar-refractivity contribution in [1.82, 2.24) is 0 Å². The van der Waals surface area contributed by atoms with Crippen LogP contribution in [0.2, 0.25) is 0 Å². The van der Waals surface area contributed by atoms with Gasteiger partial charge in [-0.3, -0.25) is 0 Å². The highest BCUT2D eigenvalue weighted by Gasteiger charge is 2.12. The summed E-state index contributed by atoms with van der Waals surface area (Å²) in [5.74, 6) is 2.35. The molecule has 0 unspecified atom stereocenters. The lowest BCUT2D eigenvalue weighted by Gasteiger charge is -2.10. The maximum absolute atomic E-state index is 12.6. The molecule has 0 saturated carbocycles. The molecular weight excluding hydrogens is 1210 g/mol. The Morgan fingerprint density at radius 2 is 0.511 bits per heavy atom. The third kappa shape index (κ3) is 32.7. The molecule has 20 nitrogen and oxygen atoms in total. The van der Waals surface area contributed by atoms with Crippen LogP contribution in [0.25, 0.3) is 0 Å². The molecule has 0 radical (unpaired) electrons. The van der Waals surface area contributed by atoms with E-state index >= 15 is 0 Å². The summed E-state index contributed by atoms with van der Waals surface area (Å²) < 4.78 is 75.9. The van der Waals surface area contributed by atoms with Crippen molar-refractivity contribution in [2.24, 2.45) is 0 Å². The Morgan fingerprint density at radius 1 is 0.266 bits per heavy atom. The van der Waals surface area contributed by atoms with Gasteiger partial charge in [0.2, 0.25) is 0 Å². The molecule has 0 aliphatic carbocycles. The first-order valence-electron chi connectivity index (χ1n) is 31.0. The SMILES string of the molecule is C=CC(=O)OCCCCCCOc1ccc(OCOCCc2ccc(OC(=O)c3ccc(OCCCCCCOC(=O)C=C)cc3)cc2)cc1.C=CC(=O)OCCCOc1ccc(OCOCCc2ccc(OC(=O)c3ccc(OCCCOC(=O)C=C)cc3)cc2)cc1. The number of hydrogen-bond donors (Lipinski definition) is 0. The van der Waals surface area contributed by atoms with Crippen molar-refractivity contribution in [1.29, 1.82) is 0 Å². The van der Waals surface area contributed by atoms with Gasteiger partial charge in [-0.15, -0.1) is 0 Å². The van der Waals surface area contributed by atoms with Crippen LogP contribution in [0.4, 0.5) is 0 Å². The molecule has 6 rings (SSSR count). The Labute approximate surface area is 549 Å². The zero-order chi connectivity index (χ0) is 67.1. The van der Waals surface area contributed by atoms with Gasteiger partial charge in [0.05, 0.1) is 77.2 Å². The summed E-state index contributed by atoms with van der Waals surface area (Å²) in [5, 5.41) is 0. The molecule has 6 aromatic rings. The summed E-state index contributed by atoms with van der Waals surface area (Å²) in [6.45, 7) is 17.9. The van der Waals surface area contributed by atoms with Gasteiger partial charge in [0.25, 0.3) is 0 Å². The maximum atomic E-state index is 12.6. The van der Waals surface area contributed by atoms with E-state index in [0.29, 0.717) is 130 Å². The van der Waals surface area contributed by atoms with Crippen molar-refractivity contribution < 1.29 is 95.1 Å². The van der Waals surface area contributed by atoms with Crippen LogP contribution in [-0.2, 0) is 60.4 Å². The van der Waals surface area contributed by atoms with Gasteiger partial charge in [-0.25, -0.2) is 28.8 Å². The molecule has 0 N–H and O–H groups in total. The molecule has 0 heterocycles. The van der Waals surface area contributed by atoms with E-state index in [1.807, 2.05) is 48.5 Å². The van der Waals surface area contributed by atoms with Gasteiger partial charge in [-0.1, -0.05) is 50.6 Å². The van der Waals surface area contributed by atoms with Crippen molar-refractivity contribution in [2.75, 3.05) is 79.7 Å². The van der Waals surface area contributed by atoms with Gasteiger partial charge in [-0.05, 0) is 197 Å². The van der Waals surface area contributed by atoms with Crippen LogP contribution in [0.3, 0.4) is 0 Å². The van der Waals surface area contributed by atoms with Crippen LogP contribution < -0.4 is 37.9 Å². The monoisotopic (exact) mass is 1290 g/mol. The lowest BCUT2D eigenvalue weighted by molar-refractivity contribution is -0.138. The molecule has 0 fully saturated rings. The first-order valence-corrected chi connectivity index (χ1v) is 31.0. The third-order valence-electron chi connectivity index (χ3n) is 13.2. The second-order valence-corrected chi connectivity index (χ2v) is 20.3. The smallest absolute Gasteiger partial charge is 0.343 e. The molecule has 0 saturated heterocycles. The van der Waals surface area contributed by atoms with E-state index in [1.165, 1.54) is 6.08 Å². The van der Waals surface area contributed by atoms with E-state index in [4.69, 9.17) is 66.3 Å². The largest absolute Gasteiger partial charge is 0.494 e. The van der Waals surface area contributed by atoms with Crippen molar-refractivity contribution in [3.8, 4) is 46.0 Å². The summed E-state index contributed by atoms with van der Waals surface area (Å²) in [4.78, 5) is 69.1. The van der Waals surface area contributed by atoms with Crippen LogP contribution in [0.5, 0.6) is 46.0 Å². The van der Waals surface area contributed by atoms with Crippen LogP contribution in [0, 0.1) is 0 Å².